The van der Waals surface area contributed by atoms with Crippen molar-refractivity contribution in [1.29, 1.82) is 0 Å². The van der Waals surface area contributed by atoms with Crippen molar-refractivity contribution >= 4 is 44.0 Å². The number of carbonyl (C=O) groups excluding carboxylic acids is 1. The number of nitrogens with zero attached hydrogens (tertiary/aromatic N) is 1. The zero-order valence-electron chi connectivity index (χ0n) is 23.4. The number of benzene rings is 4. The SMILES string of the molecule is COC(=O)N(CCCCC(NS(=O)(=O)c1ccc2oc3ccccc3c2c1)C(=O)O)C1c2ccccc2-c2ccccc21. The van der Waals surface area contributed by atoms with Gasteiger partial charge in [0.05, 0.1) is 18.0 Å². The molecule has 1 aliphatic carbocycles. The molecular formula is C33H30N2O7S. The molecule has 5 aromatic rings. The number of carboxylic acid groups (broad SMARTS) is 1. The van der Waals surface area contributed by atoms with Gasteiger partial charge in [0.25, 0.3) is 0 Å². The molecule has 43 heavy (non-hydrogen) atoms. The molecular weight excluding hydrogens is 568 g/mol. The normalized spacial score (nSPS) is 13.5. The van der Waals surface area contributed by atoms with E-state index in [0.29, 0.717) is 35.9 Å². The Kier molecular flexibility index (Phi) is 7.64. The lowest BCUT2D eigenvalue weighted by molar-refractivity contribution is -0.139. The molecule has 0 saturated carbocycles. The van der Waals surface area contributed by atoms with Crippen molar-refractivity contribution in [3.8, 4) is 11.1 Å². The molecule has 6 rings (SSSR count). The smallest absolute Gasteiger partial charge is 0.410 e. The standard InChI is InChI=1S/C33H30N2O7S/c1-41-33(38)35(31-25-13-4-2-10-22(25)23-11-3-5-14-26(23)31)19-9-8-15-28(32(36)37)34-43(39,40)21-17-18-30-27(20-21)24-12-6-7-16-29(24)42-30/h2-7,10-14,16-18,20,28,31,34H,8-9,15,19H2,1H3,(H,36,37). The van der Waals surface area contributed by atoms with Crippen LogP contribution in [0.25, 0.3) is 33.1 Å². The van der Waals surface area contributed by atoms with Gasteiger partial charge in [0.1, 0.15) is 17.2 Å². The highest BCUT2D eigenvalue weighted by atomic mass is 32.2. The van der Waals surface area contributed by atoms with Crippen molar-refractivity contribution in [2.24, 2.45) is 0 Å². The van der Waals surface area contributed by atoms with Crippen LogP contribution in [0.15, 0.2) is 100 Å². The number of aliphatic carboxylic acids is 1. The van der Waals surface area contributed by atoms with Crippen molar-refractivity contribution in [1.82, 2.24) is 9.62 Å². The van der Waals surface area contributed by atoms with Crippen LogP contribution in [0.3, 0.4) is 0 Å². The van der Waals surface area contributed by atoms with Gasteiger partial charge in [-0.2, -0.15) is 4.72 Å². The van der Waals surface area contributed by atoms with Crippen molar-refractivity contribution < 1.29 is 32.3 Å². The highest BCUT2D eigenvalue weighted by Crippen LogP contribution is 2.46. The Morgan fingerprint density at radius 1 is 0.884 bits per heavy atom. The number of methoxy groups -OCH3 is 1. The fourth-order valence-corrected chi connectivity index (χ4v) is 7.15. The number of unbranched alkanes of at least 4 members (excludes halogenated alkanes) is 1. The molecule has 1 amide bonds. The van der Waals surface area contributed by atoms with Gasteiger partial charge in [-0.15, -0.1) is 0 Å². The van der Waals surface area contributed by atoms with Crippen molar-refractivity contribution in [3.63, 3.8) is 0 Å². The third-order valence-corrected chi connectivity index (χ3v) is 9.39. The molecule has 1 atom stereocenters. The Balaban J connectivity index is 1.16. The van der Waals surface area contributed by atoms with Crippen LogP contribution < -0.4 is 4.72 Å². The van der Waals surface area contributed by atoms with Crippen LogP contribution in [0.1, 0.15) is 36.4 Å². The summed E-state index contributed by atoms with van der Waals surface area (Å²) < 4.78 is 39.8. The van der Waals surface area contributed by atoms with E-state index in [1.165, 1.54) is 19.2 Å². The summed E-state index contributed by atoms with van der Waals surface area (Å²) in [4.78, 5) is 26.7. The van der Waals surface area contributed by atoms with Crippen molar-refractivity contribution in [2.45, 2.75) is 36.2 Å². The first-order valence-corrected chi connectivity index (χ1v) is 15.5. The molecule has 1 aliphatic rings. The van der Waals surface area contributed by atoms with Crippen LogP contribution >= 0.6 is 0 Å². The van der Waals surface area contributed by atoms with Gasteiger partial charge in [0.15, 0.2) is 0 Å². The van der Waals surface area contributed by atoms with Crippen molar-refractivity contribution in [3.05, 3.63) is 102 Å². The van der Waals surface area contributed by atoms with Crippen LogP contribution in [0.2, 0.25) is 0 Å². The van der Waals surface area contributed by atoms with Gasteiger partial charge in [0, 0.05) is 17.3 Å². The summed E-state index contributed by atoms with van der Waals surface area (Å²) in [6, 6.07) is 25.9. The Morgan fingerprint density at radius 3 is 2.19 bits per heavy atom. The monoisotopic (exact) mass is 598 g/mol. The average Bonchev–Trinajstić information content (AvgIpc) is 3.55. The van der Waals surface area contributed by atoms with Gasteiger partial charge in [-0.25, -0.2) is 13.2 Å². The lowest BCUT2D eigenvalue weighted by atomic mass is 10.0. The number of carboxylic acids is 1. The summed E-state index contributed by atoms with van der Waals surface area (Å²) in [5.74, 6) is -1.28. The molecule has 0 saturated heterocycles. The number of amides is 1. The van der Waals surface area contributed by atoms with E-state index in [1.807, 2.05) is 66.7 Å². The number of nitrogens with one attached hydrogen (secondary N) is 1. The predicted molar refractivity (Wildman–Crippen MR) is 162 cm³/mol. The minimum atomic E-state index is -4.15. The van der Waals surface area contributed by atoms with Crippen LogP contribution in [0.5, 0.6) is 0 Å². The Bertz CT molecular complexity index is 1900. The zero-order valence-corrected chi connectivity index (χ0v) is 24.2. The molecule has 1 aromatic heterocycles. The summed E-state index contributed by atoms with van der Waals surface area (Å²) in [6.45, 7) is 0.295. The fourth-order valence-electron chi connectivity index (χ4n) is 5.90. The molecule has 2 N–H and O–H groups in total. The second-order valence-corrected chi connectivity index (χ2v) is 12.2. The van der Waals surface area contributed by atoms with Gasteiger partial charge < -0.3 is 14.3 Å². The molecule has 4 aromatic carbocycles. The molecule has 0 aliphatic heterocycles. The number of furan rings is 1. The van der Waals surface area contributed by atoms with Gasteiger partial charge in [-0.05, 0) is 65.8 Å². The van der Waals surface area contributed by atoms with E-state index in [-0.39, 0.29) is 17.4 Å². The van der Waals surface area contributed by atoms with Gasteiger partial charge in [0.2, 0.25) is 10.0 Å². The first-order chi connectivity index (χ1) is 20.8. The summed E-state index contributed by atoms with van der Waals surface area (Å²) in [7, 11) is -2.82. The summed E-state index contributed by atoms with van der Waals surface area (Å²) in [6.07, 6.45) is 0.343. The second kappa shape index (κ2) is 11.5. The zero-order chi connectivity index (χ0) is 30.1. The van der Waals surface area contributed by atoms with E-state index in [4.69, 9.17) is 9.15 Å². The van der Waals surface area contributed by atoms with Crippen LogP contribution in [-0.2, 0) is 19.6 Å². The van der Waals surface area contributed by atoms with E-state index in [1.54, 1.807) is 17.0 Å². The molecule has 1 heterocycles. The highest BCUT2D eigenvalue weighted by Gasteiger charge is 2.35. The maximum absolute atomic E-state index is 13.3. The average molecular weight is 599 g/mol. The predicted octanol–water partition coefficient (Wildman–Crippen LogP) is 6.33. The molecule has 9 nitrogen and oxygen atoms in total. The van der Waals surface area contributed by atoms with Crippen LogP contribution in [0.4, 0.5) is 4.79 Å². The van der Waals surface area contributed by atoms with Crippen LogP contribution in [0, 0.1) is 0 Å². The van der Waals surface area contributed by atoms with Gasteiger partial charge in [-0.3, -0.25) is 9.69 Å². The second-order valence-electron chi connectivity index (χ2n) is 10.5. The number of para-hydroxylation sites is 1. The summed E-state index contributed by atoms with van der Waals surface area (Å²) in [5.41, 5.74) is 5.27. The van der Waals surface area contributed by atoms with E-state index in [9.17, 15) is 23.1 Å². The first kappa shape index (κ1) is 28.4. The molecule has 10 heteroatoms. The molecule has 0 spiro atoms. The van der Waals surface area contributed by atoms with Crippen LogP contribution in [-0.4, -0.2) is 50.2 Å². The number of sulfonamides is 1. The Morgan fingerprint density at radius 2 is 1.51 bits per heavy atom. The molecule has 1 unspecified atom stereocenters. The highest BCUT2D eigenvalue weighted by molar-refractivity contribution is 7.89. The number of rotatable bonds is 10. The molecule has 0 radical (unpaired) electrons. The maximum Gasteiger partial charge on any atom is 0.410 e. The largest absolute Gasteiger partial charge is 0.480 e. The minimum absolute atomic E-state index is 0.0400. The minimum Gasteiger partial charge on any atom is -0.480 e. The topological polar surface area (TPSA) is 126 Å². The Labute approximate surface area is 248 Å². The lowest BCUT2D eigenvalue weighted by Crippen LogP contribution is -2.41. The number of carbonyl (C=O) groups is 2. The van der Waals surface area contributed by atoms with E-state index < -0.39 is 28.1 Å². The van der Waals surface area contributed by atoms with E-state index >= 15 is 0 Å². The molecule has 220 valence electrons. The summed E-state index contributed by atoms with van der Waals surface area (Å²) in [5, 5.41) is 11.3. The number of hydrogen-bond donors (Lipinski definition) is 2. The first-order valence-electron chi connectivity index (χ1n) is 14.0. The van der Waals surface area contributed by atoms with Gasteiger partial charge >= 0.3 is 12.1 Å². The number of fused-ring (bicyclic) bond motifs is 6. The molecule has 0 bridgehead atoms. The van der Waals surface area contributed by atoms with Crippen molar-refractivity contribution in [2.75, 3.05) is 13.7 Å². The van der Waals surface area contributed by atoms with E-state index in [2.05, 4.69) is 4.72 Å². The summed E-state index contributed by atoms with van der Waals surface area (Å²) >= 11 is 0. The maximum atomic E-state index is 13.3. The third kappa shape index (κ3) is 5.35. The third-order valence-electron chi connectivity index (χ3n) is 7.92. The Hall–Kier alpha value is -4.67. The molecule has 0 fully saturated rings. The lowest BCUT2D eigenvalue weighted by Gasteiger charge is -2.29. The fraction of sp³-hybridized carbons (Fsp3) is 0.212. The number of ether oxygens (including phenoxy) is 1. The number of hydrogen-bond acceptors (Lipinski definition) is 6. The van der Waals surface area contributed by atoms with Gasteiger partial charge in [-0.1, -0.05) is 66.7 Å². The quantitative estimate of drug-likeness (QED) is 0.180. The van der Waals surface area contributed by atoms with E-state index in [0.717, 1.165) is 27.6 Å².